The lowest BCUT2D eigenvalue weighted by atomic mass is 10.1. The van der Waals surface area contributed by atoms with Crippen molar-refractivity contribution in [3.63, 3.8) is 0 Å². The van der Waals surface area contributed by atoms with Gasteiger partial charge in [0, 0.05) is 9.75 Å². The number of hydrogen-bond donors (Lipinski definition) is 2. The van der Waals surface area contributed by atoms with Crippen molar-refractivity contribution in [3.05, 3.63) is 67.4 Å². The summed E-state index contributed by atoms with van der Waals surface area (Å²) in [5.41, 5.74) is 3.02. The van der Waals surface area contributed by atoms with Gasteiger partial charge in [-0.15, -0.1) is 22.7 Å². The van der Waals surface area contributed by atoms with Gasteiger partial charge in [-0.3, -0.25) is 9.59 Å². The number of hydrogen-bond acceptors (Lipinski definition) is 8. The number of rotatable bonds is 8. The predicted octanol–water partition coefficient (Wildman–Crippen LogP) is 5.65. The highest BCUT2D eigenvalue weighted by Crippen LogP contribution is 2.41. The van der Waals surface area contributed by atoms with Gasteiger partial charge in [0.25, 0.3) is 11.8 Å². The maximum Gasteiger partial charge on any atom is 0.341 e. The number of aryl methyl sites for hydroxylation is 2. The molecule has 0 saturated carbocycles. The van der Waals surface area contributed by atoms with Gasteiger partial charge >= 0.3 is 11.9 Å². The van der Waals surface area contributed by atoms with Crippen LogP contribution in [0.3, 0.4) is 0 Å². The highest BCUT2D eigenvalue weighted by molar-refractivity contribution is 7.17. The number of ether oxygens (including phenoxy) is 2. The molecular weight excluding hydrogens is 524 g/mol. The minimum atomic E-state index is -0.500. The molecule has 8 nitrogen and oxygen atoms in total. The van der Waals surface area contributed by atoms with Crippen molar-refractivity contribution in [2.45, 2.75) is 52.4 Å². The Labute approximate surface area is 228 Å². The van der Waals surface area contributed by atoms with E-state index in [0.29, 0.717) is 21.1 Å². The summed E-state index contributed by atoms with van der Waals surface area (Å²) in [5, 5.41) is 6.59. The highest BCUT2D eigenvalue weighted by Gasteiger charge is 2.31. The molecule has 2 aliphatic carbocycles. The molecule has 0 atom stereocenters. The largest absolute Gasteiger partial charge is 0.462 e. The quantitative estimate of drug-likeness (QED) is 0.350. The molecule has 0 unspecified atom stereocenters. The van der Waals surface area contributed by atoms with E-state index >= 15 is 0 Å². The van der Waals surface area contributed by atoms with Gasteiger partial charge in [-0.25, -0.2) is 9.59 Å². The summed E-state index contributed by atoms with van der Waals surface area (Å²) in [6.07, 6.45) is 5.17. The highest BCUT2D eigenvalue weighted by atomic mass is 32.1. The molecule has 2 heterocycles. The van der Waals surface area contributed by atoms with E-state index in [4.69, 9.17) is 9.47 Å². The second-order valence-electron chi connectivity index (χ2n) is 9.02. The van der Waals surface area contributed by atoms with E-state index in [9.17, 15) is 19.2 Å². The Morgan fingerprint density at radius 2 is 1.13 bits per heavy atom. The third-order valence-corrected chi connectivity index (χ3v) is 9.09. The van der Waals surface area contributed by atoms with Gasteiger partial charge in [-0.1, -0.05) is 12.1 Å². The fraction of sp³-hybridized carbons (Fsp3) is 0.357. The van der Waals surface area contributed by atoms with E-state index in [-0.39, 0.29) is 24.3 Å². The van der Waals surface area contributed by atoms with Gasteiger partial charge in [0.2, 0.25) is 0 Å². The lowest BCUT2D eigenvalue weighted by Gasteiger charge is -2.12. The van der Waals surface area contributed by atoms with Crippen LogP contribution >= 0.6 is 22.7 Å². The molecule has 2 N–H and O–H groups in total. The molecule has 2 aliphatic rings. The standard InChI is InChI=1S/C28H28N2O6S2/c1-3-35-27(33)21-17-11-7-13-19(17)37-25(21)29-23(31)15-9-5-6-10-16(15)24(32)30-26-22(28(34)36-4-2)18-12-8-14-20(18)38-26/h5-6,9-10H,3-4,7-8,11-14H2,1-2H3,(H,29,31)(H,30,32). The molecule has 3 aromatic rings. The van der Waals surface area contributed by atoms with Gasteiger partial charge < -0.3 is 20.1 Å². The molecule has 0 saturated heterocycles. The first-order valence-electron chi connectivity index (χ1n) is 12.8. The summed E-state index contributed by atoms with van der Waals surface area (Å²) >= 11 is 2.77. The molecule has 38 heavy (non-hydrogen) atoms. The summed E-state index contributed by atoms with van der Waals surface area (Å²) in [6, 6.07) is 6.48. The number of anilines is 2. The molecule has 1 aromatic carbocycles. The summed E-state index contributed by atoms with van der Waals surface area (Å²) < 4.78 is 10.5. The van der Waals surface area contributed by atoms with Crippen LogP contribution in [-0.4, -0.2) is 37.0 Å². The molecule has 0 spiro atoms. The van der Waals surface area contributed by atoms with E-state index in [1.807, 2.05) is 0 Å². The third-order valence-electron chi connectivity index (χ3n) is 6.67. The number of esters is 2. The van der Waals surface area contributed by atoms with Crippen molar-refractivity contribution in [3.8, 4) is 0 Å². The Hall–Kier alpha value is -3.50. The van der Waals surface area contributed by atoms with Gasteiger partial charge in [0.1, 0.15) is 10.0 Å². The van der Waals surface area contributed by atoms with Crippen LogP contribution in [0.25, 0.3) is 0 Å². The van der Waals surface area contributed by atoms with Gasteiger partial charge in [0.15, 0.2) is 0 Å². The molecule has 0 bridgehead atoms. The normalized spacial score (nSPS) is 13.5. The van der Waals surface area contributed by atoms with Crippen LogP contribution in [0.2, 0.25) is 0 Å². The minimum absolute atomic E-state index is 0.162. The molecule has 2 amide bonds. The van der Waals surface area contributed by atoms with Crippen molar-refractivity contribution in [1.29, 1.82) is 0 Å². The number of carbonyl (C=O) groups excluding carboxylic acids is 4. The van der Waals surface area contributed by atoms with Crippen LogP contribution in [-0.2, 0) is 35.2 Å². The fourth-order valence-corrected chi connectivity index (χ4v) is 7.59. The summed E-state index contributed by atoms with van der Waals surface area (Å²) in [5.74, 6) is -1.91. The Kier molecular flexibility index (Phi) is 7.62. The van der Waals surface area contributed by atoms with Crippen LogP contribution in [0.5, 0.6) is 0 Å². The van der Waals surface area contributed by atoms with E-state index < -0.39 is 23.8 Å². The zero-order chi connectivity index (χ0) is 26.8. The van der Waals surface area contributed by atoms with E-state index in [2.05, 4.69) is 10.6 Å². The van der Waals surface area contributed by atoms with Gasteiger partial charge in [-0.2, -0.15) is 0 Å². The number of fused-ring (bicyclic) bond motifs is 2. The molecule has 2 aromatic heterocycles. The monoisotopic (exact) mass is 552 g/mol. The van der Waals surface area contributed by atoms with Crippen molar-refractivity contribution in [2.24, 2.45) is 0 Å². The first-order chi connectivity index (χ1) is 18.4. The van der Waals surface area contributed by atoms with E-state index in [0.717, 1.165) is 59.4 Å². The predicted molar refractivity (Wildman–Crippen MR) is 147 cm³/mol. The number of thiophene rings is 2. The molecule has 0 radical (unpaired) electrons. The first-order valence-corrected chi connectivity index (χ1v) is 14.4. The van der Waals surface area contributed by atoms with Crippen molar-refractivity contribution < 1.29 is 28.7 Å². The lowest BCUT2D eigenvalue weighted by molar-refractivity contribution is 0.0517. The summed E-state index contributed by atoms with van der Waals surface area (Å²) in [7, 11) is 0. The van der Waals surface area contributed by atoms with Crippen molar-refractivity contribution >= 4 is 56.4 Å². The molecule has 0 fully saturated rings. The van der Waals surface area contributed by atoms with Crippen molar-refractivity contribution in [2.75, 3.05) is 23.8 Å². The summed E-state index contributed by atoms with van der Waals surface area (Å²) in [6.45, 7) is 3.96. The van der Waals surface area contributed by atoms with Crippen LogP contribution in [0.15, 0.2) is 24.3 Å². The maximum atomic E-state index is 13.4. The van der Waals surface area contributed by atoms with Gasteiger partial charge in [0.05, 0.1) is 35.5 Å². The summed E-state index contributed by atoms with van der Waals surface area (Å²) in [4.78, 5) is 54.4. The Morgan fingerprint density at radius 1 is 0.711 bits per heavy atom. The van der Waals surface area contributed by atoms with Gasteiger partial charge in [-0.05, 0) is 75.6 Å². The zero-order valence-electron chi connectivity index (χ0n) is 21.2. The molecule has 0 aliphatic heterocycles. The van der Waals surface area contributed by atoms with Crippen LogP contribution in [0, 0.1) is 0 Å². The zero-order valence-corrected chi connectivity index (χ0v) is 22.9. The Bertz CT molecular complexity index is 1330. The van der Waals surface area contributed by atoms with Crippen LogP contribution in [0.1, 0.15) is 89.0 Å². The number of nitrogens with one attached hydrogen (secondary N) is 2. The smallest absolute Gasteiger partial charge is 0.341 e. The molecular formula is C28H28N2O6S2. The average molecular weight is 553 g/mol. The topological polar surface area (TPSA) is 111 Å². The van der Waals surface area contributed by atoms with Crippen LogP contribution < -0.4 is 10.6 Å². The minimum Gasteiger partial charge on any atom is -0.462 e. The molecule has 198 valence electrons. The fourth-order valence-electron chi connectivity index (χ4n) is 5.04. The second-order valence-corrected chi connectivity index (χ2v) is 11.2. The number of amides is 2. The van der Waals surface area contributed by atoms with Crippen LogP contribution in [0.4, 0.5) is 10.0 Å². The number of carbonyl (C=O) groups is 4. The van der Waals surface area contributed by atoms with E-state index in [1.54, 1.807) is 38.1 Å². The SMILES string of the molecule is CCOC(=O)c1c(NC(=O)c2ccccc2C(=O)Nc2sc3c(c2C(=O)OCC)CCC3)sc2c1CCC2. The third kappa shape index (κ3) is 4.86. The lowest BCUT2D eigenvalue weighted by Crippen LogP contribution is -2.21. The maximum absolute atomic E-state index is 13.4. The number of benzene rings is 1. The Balaban J connectivity index is 1.42. The average Bonchev–Trinajstić information content (AvgIpc) is 3.65. The molecule has 5 rings (SSSR count). The molecule has 10 heteroatoms. The first kappa shape index (κ1) is 26.1. The van der Waals surface area contributed by atoms with Crippen molar-refractivity contribution in [1.82, 2.24) is 0 Å². The second kappa shape index (κ2) is 11.1. The van der Waals surface area contributed by atoms with E-state index in [1.165, 1.54) is 22.7 Å². The Morgan fingerprint density at radius 3 is 1.53 bits per heavy atom.